The van der Waals surface area contributed by atoms with E-state index in [0.717, 1.165) is 5.92 Å². The first-order valence-corrected chi connectivity index (χ1v) is 7.52. The number of nitrogens with one attached hydrogen (secondary N) is 1. The van der Waals surface area contributed by atoms with E-state index in [9.17, 15) is 0 Å². The standard InChI is InChI=1S/C15H30N2/c1-13(2)16-11-15(8-4-5-9-15)12-17(3)10-14-6-7-14/h13-14,16H,4-12H2,1-3H3. The van der Waals surface area contributed by atoms with Gasteiger partial charge in [0, 0.05) is 25.7 Å². The number of hydrogen-bond acceptors (Lipinski definition) is 2. The Kier molecular flexibility index (Phi) is 4.48. The molecule has 1 N–H and O–H groups in total. The molecule has 2 rings (SSSR count). The Balaban J connectivity index is 1.81. The first kappa shape index (κ1) is 13.4. The first-order chi connectivity index (χ1) is 8.10. The highest BCUT2D eigenvalue weighted by atomic mass is 15.1. The van der Waals surface area contributed by atoms with Crippen molar-refractivity contribution in [2.24, 2.45) is 11.3 Å². The van der Waals surface area contributed by atoms with Crippen LogP contribution in [0, 0.1) is 11.3 Å². The lowest BCUT2D eigenvalue weighted by molar-refractivity contribution is 0.165. The van der Waals surface area contributed by atoms with Crippen LogP contribution in [0.5, 0.6) is 0 Å². The van der Waals surface area contributed by atoms with Crippen LogP contribution in [0.25, 0.3) is 0 Å². The van der Waals surface area contributed by atoms with E-state index in [1.807, 2.05) is 0 Å². The molecular formula is C15H30N2. The molecule has 2 heteroatoms. The molecule has 0 atom stereocenters. The van der Waals surface area contributed by atoms with Crippen molar-refractivity contribution in [3.63, 3.8) is 0 Å². The van der Waals surface area contributed by atoms with Crippen molar-refractivity contribution in [3.05, 3.63) is 0 Å². The van der Waals surface area contributed by atoms with E-state index in [1.165, 1.54) is 58.2 Å². The predicted octanol–water partition coefficient (Wildman–Crippen LogP) is 2.89. The van der Waals surface area contributed by atoms with Gasteiger partial charge in [-0.2, -0.15) is 0 Å². The molecule has 0 unspecified atom stereocenters. The smallest absolute Gasteiger partial charge is 0.00472 e. The SMILES string of the molecule is CC(C)NCC1(CN(C)CC2CC2)CCCC1. The molecule has 0 heterocycles. The summed E-state index contributed by atoms with van der Waals surface area (Å²) in [6, 6.07) is 0.626. The van der Waals surface area contributed by atoms with Gasteiger partial charge in [0.2, 0.25) is 0 Å². The van der Waals surface area contributed by atoms with Crippen LogP contribution in [0.3, 0.4) is 0 Å². The van der Waals surface area contributed by atoms with Gasteiger partial charge in [0.25, 0.3) is 0 Å². The van der Waals surface area contributed by atoms with Crippen molar-refractivity contribution < 1.29 is 0 Å². The Morgan fingerprint density at radius 2 is 1.88 bits per heavy atom. The fourth-order valence-electron chi connectivity index (χ4n) is 3.31. The summed E-state index contributed by atoms with van der Waals surface area (Å²) in [6.07, 6.45) is 8.70. The Morgan fingerprint density at radius 1 is 1.24 bits per heavy atom. The van der Waals surface area contributed by atoms with E-state index in [2.05, 4.69) is 31.1 Å². The molecule has 2 aliphatic rings. The monoisotopic (exact) mass is 238 g/mol. The first-order valence-electron chi connectivity index (χ1n) is 7.52. The second-order valence-electron chi connectivity index (χ2n) is 6.88. The van der Waals surface area contributed by atoms with Crippen molar-refractivity contribution in [2.75, 3.05) is 26.7 Å². The maximum atomic E-state index is 3.68. The van der Waals surface area contributed by atoms with Gasteiger partial charge in [0.05, 0.1) is 0 Å². The highest BCUT2D eigenvalue weighted by Crippen LogP contribution is 2.39. The van der Waals surface area contributed by atoms with Crippen LogP contribution in [-0.2, 0) is 0 Å². The summed E-state index contributed by atoms with van der Waals surface area (Å²) in [5.74, 6) is 1.02. The van der Waals surface area contributed by atoms with E-state index in [-0.39, 0.29) is 0 Å². The van der Waals surface area contributed by atoms with Gasteiger partial charge in [-0.3, -0.25) is 0 Å². The van der Waals surface area contributed by atoms with Crippen molar-refractivity contribution >= 4 is 0 Å². The topological polar surface area (TPSA) is 15.3 Å². The highest BCUT2D eigenvalue weighted by molar-refractivity contribution is 4.90. The third kappa shape index (κ3) is 4.26. The van der Waals surface area contributed by atoms with Gasteiger partial charge in [-0.1, -0.05) is 26.7 Å². The summed E-state index contributed by atoms with van der Waals surface area (Å²) >= 11 is 0. The lowest BCUT2D eigenvalue weighted by Crippen LogP contribution is -2.43. The lowest BCUT2D eigenvalue weighted by Gasteiger charge is -2.34. The number of rotatable bonds is 7. The molecule has 2 saturated carbocycles. The Labute approximate surface area is 107 Å². The fraction of sp³-hybridized carbons (Fsp3) is 1.00. The Hall–Kier alpha value is -0.0800. The molecule has 0 saturated heterocycles. The van der Waals surface area contributed by atoms with Gasteiger partial charge in [-0.05, 0) is 44.1 Å². The van der Waals surface area contributed by atoms with Crippen LogP contribution >= 0.6 is 0 Å². The van der Waals surface area contributed by atoms with E-state index in [4.69, 9.17) is 0 Å². The largest absolute Gasteiger partial charge is 0.314 e. The zero-order chi connectivity index (χ0) is 12.3. The fourth-order valence-corrected chi connectivity index (χ4v) is 3.31. The van der Waals surface area contributed by atoms with Crippen molar-refractivity contribution in [1.29, 1.82) is 0 Å². The maximum absolute atomic E-state index is 3.68. The summed E-state index contributed by atoms with van der Waals surface area (Å²) in [4.78, 5) is 2.60. The minimum Gasteiger partial charge on any atom is -0.314 e. The second kappa shape index (κ2) is 5.71. The van der Waals surface area contributed by atoms with Gasteiger partial charge in [-0.25, -0.2) is 0 Å². The van der Waals surface area contributed by atoms with Gasteiger partial charge >= 0.3 is 0 Å². The van der Waals surface area contributed by atoms with Gasteiger partial charge in [0.1, 0.15) is 0 Å². The van der Waals surface area contributed by atoms with Crippen LogP contribution in [0.15, 0.2) is 0 Å². The third-order valence-electron chi connectivity index (χ3n) is 4.42. The molecule has 0 aliphatic heterocycles. The molecule has 0 amide bonds. The van der Waals surface area contributed by atoms with Crippen LogP contribution in [0.2, 0.25) is 0 Å². The molecule has 0 aromatic rings. The number of nitrogens with zero attached hydrogens (tertiary/aromatic N) is 1. The summed E-state index contributed by atoms with van der Waals surface area (Å²) in [5.41, 5.74) is 0.577. The van der Waals surface area contributed by atoms with Crippen LogP contribution in [-0.4, -0.2) is 37.6 Å². The van der Waals surface area contributed by atoms with Crippen LogP contribution < -0.4 is 5.32 Å². The van der Waals surface area contributed by atoms with E-state index in [0.29, 0.717) is 11.5 Å². The quantitative estimate of drug-likeness (QED) is 0.733. The molecule has 17 heavy (non-hydrogen) atoms. The molecule has 2 fully saturated rings. The van der Waals surface area contributed by atoms with Crippen molar-refractivity contribution in [1.82, 2.24) is 10.2 Å². The molecule has 100 valence electrons. The molecular weight excluding hydrogens is 208 g/mol. The highest BCUT2D eigenvalue weighted by Gasteiger charge is 2.35. The molecule has 0 bridgehead atoms. The van der Waals surface area contributed by atoms with Crippen LogP contribution in [0.1, 0.15) is 52.4 Å². The molecule has 2 aliphatic carbocycles. The van der Waals surface area contributed by atoms with Crippen LogP contribution in [0.4, 0.5) is 0 Å². The maximum Gasteiger partial charge on any atom is 0.00472 e. The van der Waals surface area contributed by atoms with E-state index in [1.54, 1.807) is 0 Å². The summed E-state index contributed by atoms with van der Waals surface area (Å²) in [7, 11) is 2.33. The number of hydrogen-bond donors (Lipinski definition) is 1. The van der Waals surface area contributed by atoms with Gasteiger partial charge in [-0.15, -0.1) is 0 Å². The van der Waals surface area contributed by atoms with Crippen molar-refractivity contribution in [2.45, 2.75) is 58.4 Å². The third-order valence-corrected chi connectivity index (χ3v) is 4.42. The minimum absolute atomic E-state index is 0.577. The zero-order valence-corrected chi connectivity index (χ0v) is 12.0. The zero-order valence-electron chi connectivity index (χ0n) is 12.0. The lowest BCUT2D eigenvalue weighted by atomic mass is 9.85. The van der Waals surface area contributed by atoms with Gasteiger partial charge < -0.3 is 10.2 Å². The summed E-state index contributed by atoms with van der Waals surface area (Å²) < 4.78 is 0. The molecule has 0 aromatic carbocycles. The molecule has 0 spiro atoms. The minimum atomic E-state index is 0.577. The Morgan fingerprint density at radius 3 is 2.41 bits per heavy atom. The average molecular weight is 238 g/mol. The summed E-state index contributed by atoms with van der Waals surface area (Å²) in [6.45, 7) is 8.39. The average Bonchev–Trinajstić information content (AvgIpc) is 2.94. The molecule has 0 aromatic heterocycles. The van der Waals surface area contributed by atoms with E-state index >= 15 is 0 Å². The normalized spacial score (nSPS) is 23.8. The predicted molar refractivity (Wildman–Crippen MR) is 74.3 cm³/mol. The molecule has 0 radical (unpaired) electrons. The Bertz CT molecular complexity index is 227. The molecule has 2 nitrogen and oxygen atoms in total. The summed E-state index contributed by atoms with van der Waals surface area (Å²) in [5, 5.41) is 3.68. The second-order valence-corrected chi connectivity index (χ2v) is 6.88. The van der Waals surface area contributed by atoms with Crippen molar-refractivity contribution in [3.8, 4) is 0 Å². The van der Waals surface area contributed by atoms with Gasteiger partial charge in [0.15, 0.2) is 0 Å². The van der Waals surface area contributed by atoms with E-state index < -0.39 is 0 Å².